The van der Waals surface area contributed by atoms with E-state index in [1.165, 1.54) is 30.9 Å². The van der Waals surface area contributed by atoms with Gasteiger partial charge in [0.25, 0.3) is 0 Å². The first-order valence-corrected chi connectivity index (χ1v) is 12.9. The summed E-state index contributed by atoms with van der Waals surface area (Å²) in [5.74, 6) is 0. The van der Waals surface area contributed by atoms with Crippen molar-refractivity contribution < 1.29 is 44.0 Å². The first kappa shape index (κ1) is 20.3. The number of rotatable bonds is 5. The van der Waals surface area contributed by atoms with Crippen LogP contribution in [-0.2, 0) is 22.5 Å². The first-order chi connectivity index (χ1) is 10.8. The molecule has 0 nitrogen and oxygen atoms in total. The van der Waals surface area contributed by atoms with Crippen LogP contribution in [0.2, 0.25) is 18.1 Å². The molecule has 0 radical (unpaired) electrons. The number of halogens is 2. The van der Waals surface area contributed by atoms with E-state index in [-0.39, 0.29) is 44.0 Å². The van der Waals surface area contributed by atoms with Gasteiger partial charge in [0.1, 0.15) is 0 Å². The molecular weight excluding hydrogens is 387 g/mol. The zero-order chi connectivity index (χ0) is 15.0. The smallest absolute Gasteiger partial charge is 1.00 e. The molecule has 0 N–H and O–H groups in total. The summed E-state index contributed by atoms with van der Waals surface area (Å²) in [6.45, 7) is 2.40. The molecule has 0 spiro atoms. The zero-order valence-electron chi connectivity index (χ0n) is 14.2. The van der Waals surface area contributed by atoms with E-state index < -0.39 is 8.07 Å². The average molecular weight is 411 g/mol. The average Bonchev–Trinajstić information content (AvgIpc) is 3.13. The van der Waals surface area contributed by atoms with Gasteiger partial charge in [0.2, 0.25) is 0 Å². The molecule has 4 heteroatoms. The predicted molar refractivity (Wildman–Crippen MR) is 94.1 cm³/mol. The van der Waals surface area contributed by atoms with Gasteiger partial charge >= 0.3 is 145 Å². The van der Waals surface area contributed by atoms with Gasteiger partial charge in [0.15, 0.2) is 0 Å². The maximum Gasteiger partial charge on any atom is -1.00 e. The maximum absolute atomic E-state index is 2.69. The quantitative estimate of drug-likeness (QED) is 0.582. The molecule has 126 valence electrons. The standard InChI is InChI=1S/C15H19Si.C5H5.2ClH.Ti/c1-2-10-16(11-5-12-16)15-9-8-13-6-3-4-7-14(13)15;1-2-4-5-3-1;;;/h3-4,6-9H,2,5,10-12H2,1H3;1-3H,4H2;2*1H;/q;;;;+2/p-2. The van der Waals surface area contributed by atoms with Crippen molar-refractivity contribution in [3.05, 3.63) is 63.6 Å². The number of benzene rings is 1. The van der Waals surface area contributed by atoms with Gasteiger partial charge in [-0.25, -0.2) is 0 Å². The van der Waals surface area contributed by atoms with Crippen molar-refractivity contribution >= 4 is 14.1 Å². The Morgan fingerprint density at radius 3 is 2.58 bits per heavy atom. The van der Waals surface area contributed by atoms with Crippen molar-refractivity contribution in [1.29, 1.82) is 0 Å². The Balaban J connectivity index is 0.00000104. The van der Waals surface area contributed by atoms with Crippen molar-refractivity contribution in [2.75, 3.05) is 0 Å². The molecule has 1 unspecified atom stereocenters. The van der Waals surface area contributed by atoms with Crippen LogP contribution in [0.5, 0.6) is 0 Å². The molecule has 2 aliphatic carbocycles. The fourth-order valence-electron chi connectivity index (χ4n) is 4.73. The van der Waals surface area contributed by atoms with Crippen molar-refractivity contribution in [3.8, 4) is 0 Å². The Bertz CT molecular complexity index is 676. The van der Waals surface area contributed by atoms with Crippen molar-refractivity contribution in [2.45, 2.75) is 47.7 Å². The molecule has 1 saturated heterocycles. The van der Waals surface area contributed by atoms with Crippen molar-refractivity contribution in [2.24, 2.45) is 0 Å². The normalized spacial score (nSPS) is 25.0. The van der Waals surface area contributed by atoms with Crippen LogP contribution in [-0.4, -0.2) is 8.07 Å². The monoisotopic (exact) mass is 410 g/mol. The first-order valence-electron chi connectivity index (χ1n) is 8.72. The molecule has 1 atom stereocenters. The molecule has 1 heterocycles. The second-order valence-electron chi connectivity index (χ2n) is 7.06. The summed E-state index contributed by atoms with van der Waals surface area (Å²) in [7, 11) is -1.18. The second-order valence-corrected chi connectivity index (χ2v) is 15.3. The van der Waals surface area contributed by atoms with Crippen LogP contribution in [0.3, 0.4) is 0 Å². The molecule has 4 rings (SSSR count). The minimum atomic E-state index is -1.18. The Morgan fingerprint density at radius 2 is 1.96 bits per heavy atom. The van der Waals surface area contributed by atoms with Crippen LogP contribution in [0.15, 0.2) is 52.4 Å². The van der Waals surface area contributed by atoms with E-state index in [1.807, 2.05) is 0 Å². The SMILES string of the molecule is CCC[Si]1([C]2([Ti+2][C]3=CC=CC3)C=Cc3ccccc32)CCC1.[Cl-].[Cl-]. The molecule has 24 heavy (non-hydrogen) atoms. The maximum atomic E-state index is 2.69. The van der Waals surface area contributed by atoms with E-state index in [0.29, 0.717) is 3.34 Å². The van der Waals surface area contributed by atoms with Crippen LogP contribution in [0.25, 0.3) is 6.08 Å². The topological polar surface area (TPSA) is 0 Å². The van der Waals surface area contributed by atoms with E-state index in [9.17, 15) is 0 Å². The summed E-state index contributed by atoms with van der Waals surface area (Å²) in [6, 6.07) is 14.0. The Morgan fingerprint density at radius 1 is 1.17 bits per heavy atom. The number of hydrogen-bond acceptors (Lipinski definition) is 0. The summed E-state index contributed by atoms with van der Waals surface area (Å²) in [6.07, 6.45) is 16.3. The van der Waals surface area contributed by atoms with Gasteiger partial charge in [0, 0.05) is 0 Å². The Kier molecular flexibility index (Phi) is 6.84. The van der Waals surface area contributed by atoms with Gasteiger partial charge in [0.05, 0.1) is 0 Å². The van der Waals surface area contributed by atoms with Crippen molar-refractivity contribution in [3.63, 3.8) is 0 Å². The summed E-state index contributed by atoms with van der Waals surface area (Å²) in [4.78, 5) is 0. The van der Waals surface area contributed by atoms with Crippen LogP contribution in [0, 0.1) is 0 Å². The fourth-order valence-corrected chi connectivity index (χ4v) is 16.0. The van der Waals surface area contributed by atoms with Gasteiger partial charge < -0.3 is 24.8 Å². The molecule has 0 aromatic heterocycles. The van der Waals surface area contributed by atoms with Crippen LogP contribution < -0.4 is 24.8 Å². The summed E-state index contributed by atoms with van der Waals surface area (Å²) in [5.41, 5.74) is 3.23. The number of allylic oxidation sites excluding steroid dienone is 5. The third-order valence-electron chi connectivity index (χ3n) is 5.90. The molecule has 1 aromatic carbocycles. The molecule has 1 fully saturated rings. The molecule has 0 saturated carbocycles. The fraction of sp³-hybridized carbons (Fsp3) is 0.400. The third kappa shape index (κ3) is 3.08. The van der Waals surface area contributed by atoms with Crippen LogP contribution >= 0.6 is 0 Å². The Labute approximate surface area is 168 Å². The largest absolute Gasteiger partial charge is 1.00 e. The summed E-state index contributed by atoms with van der Waals surface area (Å²) in [5, 5.41) is 0. The van der Waals surface area contributed by atoms with Gasteiger partial charge in [-0.3, -0.25) is 0 Å². The van der Waals surface area contributed by atoms with Gasteiger partial charge in [-0.15, -0.1) is 0 Å². The van der Waals surface area contributed by atoms with E-state index in [0.717, 1.165) is 0 Å². The molecule has 1 aromatic rings. The minimum absolute atomic E-state index is 0. The molecule has 0 bridgehead atoms. The molecule has 1 aliphatic heterocycles. The molecule has 3 aliphatic rings. The van der Waals surface area contributed by atoms with Crippen molar-refractivity contribution in [1.82, 2.24) is 0 Å². The van der Waals surface area contributed by atoms with E-state index in [1.54, 1.807) is 21.5 Å². The van der Waals surface area contributed by atoms with Gasteiger partial charge in [-0.1, -0.05) is 0 Å². The Hall–Kier alpha value is -0.0488. The van der Waals surface area contributed by atoms with Crippen LogP contribution in [0.1, 0.15) is 37.3 Å². The van der Waals surface area contributed by atoms with Gasteiger partial charge in [-0.05, 0) is 0 Å². The zero-order valence-corrected chi connectivity index (χ0v) is 18.3. The summed E-state index contributed by atoms with van der Waals surface area (Å²) >= 11 is -0.108. The minimum Gasteiger partial charge on any atom is -1.00 e. The number of fused-ring (bicyclic) bond motifs is 1. The predicted octanol–water partition coefficient (Wildman–Crippen LogP) is -0.355. The third-order valence-corrected chi connectivity index (χ3v) is 17.5. The molecular formula is C20H24Cl2SiTi. The van der Waals surface area contributed by atoms with E-state index in [4.69, 9.17) is 0 Å². The molecule has 0 amide bonds. The number of hydrogen-bond donors (Lipinski definition) is 0. The van der Waals surface area contributed by atoms with E-state index in [2.05, 4.69) is 61.6 Å². The van der Waals surface area contributed by atoms with Crippen LogP contribution in [0.4, 0.5) is 0 Å². The second kappa shape index (κ2) is 8.10. The summed E-state index contributed by atoms with van der Waals surface area (Å²) < 4.78 is 2.28. The van der Waals surface area contributed by atoms with E-state index >= 15 is 0 Å². The van der Waals surface area contributed by atoms with Gasteiger partial charge in [-0.2, -0.15) is 0 Å².